The van der Waals surface area contributed by atoms with Gasteiger partial charge in [0.2, 0.25) is 0 Å². The summed E-state index contributed by atoms with van der Waals surface area (Å²) in [7, 11) is 0. The lowest BCUT2D eigenvalue weighted by atomic mass is 10.1. The average Bonchev–Trinajstić information content (AvgIpc) is 2.81. The van der Waals surface area contributed by atoms with Gasteiger partial charge in [-0.05, 0) is 83.7 Å². The molecule has 0 radical (unpaired) electrons. The molecule has 8 heteroatoms. The summed E-state index contributed by atoms with van der Waals surface area (Å²) in [6, 6.07) is 16.4. The van der Waals surface area contributed by atoms with Gasteiger partial charge in [-0.25, -0.2) is 0 Å². The first-order chi connectivity index (χ1) is 16.7. The summed E-state index contributed by atoms with van der Waals surface area (Å²) in [5.41, 5.74) is 3.73. The Kier molecular flexibility index (Phi) is 9.22. The van der Waals surface area contributed by atoms with E-state index < -0.39 is 5.91 Å². The molecule has 0 fully saturated rings. The van der Waals surface area contributed by atoms with Gasteiger partial charge in [-0.3, -0.25) is 4.79 Å². The summed E-state index contributed by atoms with van der Waals surface area (Å²) in [4.78, 5) is 12.8. The zero-order chi connectivity index (χ0) is 25.5. The third-order valence-corrected chi connectivity index (χ3v) is 6.45. The zero-order valence-corrected chi connectivity index (χ0v) is 22.5. The maximum atomic E-state index is 12.8. The van der Waals surface area contributed by atoms with Crippen LogP contribution < -0.4 is 14.8 Å². The quantitative estimate of drug-likeness (QED) is 0.219. The molecule has 0 saturated heterocycles. The summed E-state index contributed by atoms with van der Waals surface area (Å²) < 4.78 is 12.4. The number of nitriles is 1. The Morgan fingerprint density at radius 2 is 1.71 bits per heavy atom. The number of aryl methyl sites for hydroxylation is 2. The van der Waals surface area contributed by atoms with Crippen molar-refractivity contribution in [3.8, 4) is 17.6 Å². The van der Waals surface area contributed by atoms with E-state index in [2.05, 4.69) is 21.2 Å². The Balaban J connectivity index is 1.90. The number of hydrogen-bond acceptors (Lipinski definition) is 4. The molecule has 0 heterocycles. The Morgan fingerprint density at radius 3 is 2.31 bits per heavy atom. The minimum absolute atomic E-state index is 0.0430. The molecule has 0 saturated carbocycles. The molecule has 0 aromatic heterocycles. The van der Waals surface area contributed by atoms with Crippen LogP contribution >= 0.6 is 39.1 Å². The first-order valence-electron chi connectivity index (χ1n) is 10.8. The number of benzene rings is 3. The SMILES string of the molecule is CCOc1cc(/C=C(/C#N)C(=O)Nc2c(C)cccc2C)cc(Br)c1OCc1c(Cl)cccc1Cl. The van der Waals surface area contributed by atoms with Crippen molar-refractivity contribution >= 4 is 56.8 Å². The Hall–Kier alpha value is -2.98. The van der Waals surface area contributed by atoms with Gasteiger partial charge in [-0.15, -0.1) is 0 Å². The molecule has 0 bridgehead atoms. The summed E-state index contributed by atoms with van der Waals surface area (Å²) in [6.07, 6.45) is 1.50. The third kappa shape index (κ3) is 6.58. The number of anilines is 1. The molecule has 3 rings (SSSR count). The van der Waals surface area contributed by atoms with E-state index in [1.54, 1.807) is 30.3 Å². The van der Waals surface area contributed by atoms with Gasteiger partial charge in [0.1, 0.15) is 18.2 Å². The highest BCUT2D eigenvalue weighted by molar-refractivity contribution is 9.10. The fourth-order valence-electron chi connectivity index (χ4n) is 3.40. The summed E-state index contributed by atoms with van der Waals surface area (Å²) >= 11 is 16.0. The molecule has 35 heavy (non-hydrogen) atoms. The molecule has 0 atom stereocenters. The van der Waals surface area contributed by atoms with Crippen molar-refractivity contribution in [3.05, 3.63) is 90.9 Å². The maximum Gasteiger partial charge on any atom is 0.266 e. The molecule has 0 spiro atoms. The van der Waals surface area contributed by atoms with E-state index in [1.165, 1.54) is 6.08 Å². The smallest absolute Gasteiger partial charge is 0.266 e. The van der Waals surface area contributed by atoms with E-state index in [1.807, 2.05) is 45.0 Å². The topological polar surface area (TPSA) is 71.3 Å². The van der Waals surface area contributed by atoms with E-state index in [0.29, 0.717) is 49.4 Å². The molecular formula is C27H23BrCl2N2O3. The molecule has 3 aromatic carbocycles. The molecule has 0 aliphatic heterocycles. The molecular weight excluding hydrogens is 551 g/mol. The fraction of sp³-hybridized carbons (Fsp3) is 0.185. The van der Waals surface area contributed by atoms with Crippen LogP contribution in [0.15, 0.2) is 58.6 Å². The van der Waals surface area contributed by atoms with Gasteiger partial charge in [0.05, 0.1) is 11.1 Å². The number of carbonyl (C=O) groups excluding carboxylic acids is 1. The molecule has 1 N–H and O–H groups in total. The number of ether oxygens (including phenoxy) is 2. The first-order valence-corrected chi connectivity index (χ1v) is 12.3. The highest BCUT2D eigenvalue weighted by atomic mass is 79.9. The van der Waals surface area contributed by atoms with Crippen molar-refractivity contribution in [1.82, 2.24) is 0 Å². The minimum atomic E-state index is -0.493. The zero-order valence-electron chi connectivity index (χ0n) is 19.4. The number of halogens is 3. The van der Waals surface area contributed by atoms with Gasteiger partial charge >= 0.3 is 0 Å². The first kappa shape index (κ1) is 26.6. The van der Waals surface area contributed by atoms with Crippen LogP contribution in [0.5, 0.6) is 11.5 Å². The Bertz CT molecular complexity index is 1290. The van der Waals surface area contributed by atoms with Gasteiger partial charge in [0.25, 0.3) is 5.91 Å². The molecule has 0 unspecified atom stereocenters. The minimum Gasteiger partial charge on any atom is -0.490 e. The van der Waals surface area contributed by atoms with Crippen LogP contribution in [0.3, 0.4) is 0 Å². The molecule has 0 aliphatic rings. The van der Waals surface area contributed by atoms with E-state index >= 15 is 0 Å². The van der Waals surface area contributed by atoms with Crippen LogP contribution in [-0.2, 0) is 11.4 Å². The van der Waals surface area contributed by atoms with Crippen LogP contribution in [0.1, 0.15) is 29.2 Å². The largest absolute Gasteiger partial charge is 0.490 e. The standard InChI is InChI=1S/C27H23BrCl2N2O3/c1-4-34-24-13-18(11-19(14-31)27(33)32-25-16(2)7-5-8-17(25)3)12-21(28)26(24)35-15-20-22(29)9-6-10-23(20)30/h5-13H,4,15H2,1-3H3,(H,32,33)/b19-11-. The predicted molar refractivity (Wildman–Crippen MR) is 144 cm³/mol. The molecule has 1 amide bonds. The number of rotatable bonds is 8. The number of nitrogens with one attached hydrogen (secondary N) is 1. The summed E-state index contributed by atoms with van der Waals surface area (Å²) in [5, 5.41) is 13.5. The molecule has 0 aliphatic carbocycles. The van der Waals surface area contributed by atoms with Crippen molar-refractivity contribution < 1.29 is 14.3 Å². The van der Waals surface area contributed by atoms with Gasteiger partial charge < -0.3 is 14.8 Å². The average molecular weight is 574 g/mol. The lowest BCUT2D eigenvalue weighted by Gasteiger charge is -2.16. The Morgan fingerprint density at radius 1 is 1.09 bits per heavy atom. The highest BCUT2D eigenvalue weighted by Crippen LogP contribution is 2.39. The van der Waals surface area contributed by atoms with Gasteiger partial charge in [-0.1, -0.05) is 47.5 Å². The van der Waals surface area contributed by atoms with E-state index in [0.717, 1.165) is 11.1 Å². The van der Waals surface area contributed by atoms with Crippen molar-refractivity contribution in [3.63, 3.8) is 0 Å². The highest BCUT2D eigenvalue weighted by Gasteiger charge is 2.17. The van der Waals surface area contributed by atoms with Crippen LogP contribution in [0, 0.1) is 25.2 Å². The van der Waals surface area contributed by atoms with Gasteiger partial charge in [0, 0.05) is 21.3 Å². The second-order valence-electron chi connectivity index (χ2n) is 7.64. The van der Waals surface area contributed by atoms with Crippen molar-refractivity contribution in [2.24, 2.45) is 0 Å². The van der Waals surface area contributed by atoms with Crippen LogP contribution in [0.4, 0.5) is 5.69 Å². The number of hydrogen-bond donors (Lipinski definition) is 1. The number of amides is 1. The lowest BCUT2D eigenvalue weighted by Crippen LogP contribution is -2.15. The van der Waals surface area contributed by atoms with Crippen molar-refractivity contribution in [2.45, 2.75) is 27.4 Å². The molecule has 180 valence electrons. The lowest BCUT2D eigenvalue weighted by molar-refractivity contribution is -0.112. The van der Waals surface area contributed by atoms with E-state index in [9.17, 15) is 10.1 Å². The second kappa shape index (κ2) is 12.1. The number of carbonyl (C=O) groups is 1. The van der Waals surface area contributed by atoms with Crippen molar-refractivity contribution in [1.29, 1.82) is 5.26 Å². The van der Waals surface area contributed by atoms with Gasteiger partial charge in [-0.2, -0.15) is 5.26 Å². The molecule has 3 aromatic rings. The third-order valence-electron chi connectivity index (χ3n) is 5.15. The fourth-order valence-corrected chi connectivity index (χ4v) is 4.48. The summed E-state index contributed by atoms with van der Waals surface area (Å²) in [6.45, 7) is 6.18. The molecule has 5 nitrogen and oxygen atoms in total. The monoisotopic (exact) mass is 572 g/mol. The maximum absolute atomic E-state index is 12.8. The van der Waals surface area contributed by atoms with Crippen molar-refractivity contribution in [2.75, 3.05) is 11.9 Å². The van der Waals surface area contributed by atoms with Crippen LogP contribution in [-0.4, -0.2) is 12.5 Å². The number of nitrogens with zero attached hydrogens (tertiary/aromatic N) is 1. The normalized spacial score (nSPS) is 11.1. The van der Waals surface area contributed by atoms with E-state index in [4.69, 9.17) is 32.7 Å². The van der Waals surface area contributed by atoms with E-state index in [-0.39, 0.29) is 12.2 Å². The second-order valence-corrected chi connectivity index (χ2v) is 9.31. The van der Waals surface area contributed by atoms with Crippen LogP contribution in [0.25, 0.3) is 6.08 Å². The predicted octanol–water partition coefficient (Wildman–Crippen LogP) is 7.90. The van der Waals surface area contributed by atoms with Gasteiger partial charge in [0.15, 0.2) is 11.5 Å². The Labute approximate surface area is 223 Å². The summed E-state index contributed by atoms with van der Waals surface area (Å²) in [5.74, 6) is 0.412. The number of para-hydroxylation sites is 1. The van der Waals surface area contributed by atoms with Crippen LogP contribution in [0.2, 0.25) is 10.0 Å².